The van der Waals surface area contributed by atoms with Gasteiger partial charge in [-0.05, 0) is 82.9 Å². The first kappa shape index (κ1) is 32.4. The molecule has 0 saturated heterocycles. The number of amides is 1. The van der Waals surface area contributed by atoms with Gasteiger partial charge in [-0.15, -0.1) is 0 Å². The summed E-state index contributed by atoms with van der Waals surface area (Å²) in [6.45, 7) is 21.6. The van der Waals surface area contributed by atoms with E-state index in [-0.39, 0.29) is 23.3 Å². The molecule has 1 rings (SSSR count). The Hall–Kier alpha value is -1.61. The van der Waals surface area contributed by atoms with Gasteiger partial charge in [-0.25, -0.2) is 4.79 Å². The lowest BCUT2D eigenvalue weighted by molar-refractivity contribution is 0.0209. The second-order valence-electron chi connectivity index (χ2n) is 12.2. The van der Waals surface area contributed by atoms with E-state index in [1.807, 2.05) is 45.0 Å². The van der Waals surface area contributed by atoms with Crippen LogP contribution in [0.4, 0.5) is 4.79 Å². The normalized spacial score (nSPS) is 14.3. The third kappa shape index (κ3) is 12.6. The number of methoxy groups -OCH3 is 1. The van der Waals surface area contributed by atoms with Crippen LogP contribution in [0.5, 0.6) is 5.75 Å². The Labute approximate surface area is 221 Å². The van der Waals surface area contributed by atoms with Gasteiger partial charge in [0, 0.05) is 19.6 Å². The molecular weight excluding hydrogens is 472 g/mol. The average molecular weight is 525 g/mol. The maximum absolute atomic E-state index is 12.5. The summed E-state index contributed by atoms with van der Waals surface area (Å²) in [5, 5.41) is 3.65. The summed E-state index contributed by atoms with van der Waals surface area (Å²) in [5.74, 6) is 0.849. The van der Waals surface area contributed by atoms with Crippen molar-refractivity contribution in [1.82, 2.24) is 10.2 Å². The molecule has 0 bridgehead atoms. The molecule has 8 heteroatoms. The number of nitrogens with one attached hydrogen (secondary N) is 1. The summed E-state index contributed by atoms with van der Waals surface area (Å²) < 4.78 is 23.3. The molecule has 0 aliphatic heterocycles. The highest BCUT2D eigenvalue weighted by Gasteiger charge is 2.39. The molecule has 0 fully saturated rings. The van der Waals surface area contributed by atoms with Crippen molar-refractivity contribution in [3.63, 3.8) is 0 Å². The Kier molecular flexibility index (Phi) is 12.9. The Morgan fingerprint density at radius 2 is 1.69 bits per heavy atom. The first-order valence-electron chi connectivity index (χ1n) is 13.1. The molecule has 1 aromatic carbocycles. The van der Waals surface area contributed by atoms with Gasteiger partial charge in [0.2, 0.25) is 0 Å². The fourth-order valence-electron chi connectivity index (χ4n) is 3.31. The number of benzene rings is 1. The standard InChI is InChI=1S/C28H52N2O5Si/c1-22(20-33-21-23-14-16-24(32-9)17-15-23)29-18-12-13-25(35-36(10,11)28(5,6)7)19-30(8)26(31)34-27(2,3)4/h14-17,22,25,29H,12-13,18-21H2,1-11H3/t22-,25-/m0/s1. The van der Waals surface area contributed by atoms with Crippen LogP contribution in [0.2, 0.25) is 18.1 Å². The first-order valence-corrected chi connectivity index (χ1v) is 16.0. The van der Waals surface area contributed by atoms with Gasteiger partial charge in [0.25, 0.3) is 0 Å². The van der Waals surface area contributed by atoms with E-state index in [1.54, 1.807) is 19.1 Å². The quantitative estimate of drug-likeness (QED) is 0.230. The van der Waals surface area contributed by atoms with Crippen molar-refractivity contribution in [2.45, 2.75) is 104 Å². The minimum absolute atomic E-state index is 0.0353. The summed E-state index contributed by atoms with van der Waals surface area (Å²) >= 11 is 0. The minimum atomic E-state index is -1.98. The number of carbonyl (C=O) groups excluding carboxylic acids is 1. The van der Waals surface area contributed by atoms with E-state index in [0.29, 0.717) is 19.8 Å². The molecule has 1 N–H and O–H groups in total. The van der Waals surface area contributed by atoms with Gasteiger partial charge in [-0.3, -0.25) is 0 Å². The summed E-state index contributed by atoms with van der Waals surface area (Å²) in [5.41, 5.74) is 0.610. The molecule has 1 amide bonds. The van der Waals surface area contributed by atoms with E-state index >= 15 is 0 Å². The van der Waals surface area contributed by atoms with E-state index in [0.717, 1.165) is 30.7 Å². The zero-order chi connectivity index (χ0) is 27.6. The summed E-state index contributed by atoms with van der Waals surface area (Å²) in [6.07, 6.45) is 1.47. The summed E-state index contributed by atoms with van der Waals surface area (Å²) in [7, 11) is 1.47. The van der Waals surface area contributed by atoms with Gasteiger partial charge in [0.05, 0.1) is 26.4 Å². The van der Waals surface area contributed by atoms with Crippen molar-refractivity contribution in [3.05, 3.63) is 29.8 Å². The molecule has 7 nitrogen and oxygen atoms in total. The van der Waals surface area contributed by atoms with Crippen molar-refractivity contribution in [3.8, 4) is 5.75 Å². The van der Waals surface area contributed by atoms with Crippen LogP contribution in [0, 0.1) is 0 Å². The highest BCUT2D eigenvalue weighted by atomic mass is 28.4. The minimum Gasteiger partial charge on any atom is -0.497 e. The number of likely N-dealkylation sites (N-methyl/N-ethyl adjacent to an activating group) is 1. The molecule has 0 aliphatic carbocycles. The number of nitrogens with zero attached hydrogens (tertiary/aromatic N) is 1. The summed E-state index contributed by atoms with van der Waals surface area (Å²) in [4.78, 5) is 14.2. The average Bonchev–Trinajstić information content (AvgIpc) is 2.74. The molecule has 1 aromatic rings. The maximum Gasteiger partial charge on any atom is 0.410 e. The Morgan fingerprint density at radius 1 is 1.08 bits per heavy atom. The van der Waals surface area contributed by atoms with E-state index in [1.165, 1.54) is 0 Å². The number of carbonyl (C=O) groups is 1. The van der Waals surface area contributed by atoms with E-state index < -0.39 is 13.9 Å². The van der Waals surface area contributed by atoms with Crippen LogP contribution in [-0.2, 0) is 20.5 Å². The lowest BCUT2D eigenvalue weighted by Gasteiger charge is -2.40. The second kappa shape index (κ2) is 14.4. The van der Waals surface area contributed by atoms with Crippen LogP contribution in [0.1, 0.15) is 66.9 Å². The van der Waals surface area contributed by atoms with E-state index in [9.17, 15) is 4.79 Å². The first-order chi connectivity index (χ1) is 16.5. The van der Waals surface area contributed by atoms with Crippen LogP contribution in [-0.4, -0.2) is 70.9 Å². The third-order valence-electron chi connectivity index (χ3n) is 6.44. The Morgan fingerprint density at radius 3 is 2.22 bits per heavy atom. The molecular formula is C28H52N2O5Si. The molecule has 2 atom stereocenters. The topological polar surface area (TPSA) is 69.3 Å². The molecule has 0 aliphatic rings. The van der Waals surface area contributed by atoms with Crippen LogP contribution in [0.25, 0.3) is 0 Å². The van der Waals surface area contributed by atoms with Gasteiger partial charge in [-0.1, -0.05) is 32.9 Å². The van der Waals surface area contributed by atoms with Gasteiger partial charge < -0.3 is 28.9 Å². The van der Waals surface area contributed by atoms with Crippen LogP contribution in [0.15, 0.2) is 24.3 Å². The van der Waals surface area contributed by atoms with Crippen molar-refractivity contribution in [1.29, 1.82) is 0 Å². The van der Waals surface area contributed by atoms with Crippen LogP contribution < -0.4 is 10.1 Å². The molecule has 0 saturated carbocycles. The fourth-order valence-corrected chi connectivity index (χ4v) is 4.69. The monoisotopic (exact) mass is 524 g/mol. The van der Waals surface area contributed by atoms with Crippen LogP contribution in [0.3, 0.4) is 0 Å². The lowest BCUT2D eigenvalue weighted by atomic mass is 10.2. The predicted octanol–water partition coefficient (Wildman–Crippen LogP) is 6.23. The smallest absolute Gasteiger partial charge is 0.410 e. The third-order valence-corrected chi connectivity index (χ3v) is 11.0. The molecule has 0 spiro atoms. The van der Waals surface area contributed by atoms with Gasteiger partial charge >= 0.3 is 6.09 Å². The highest BCUT2D eigenvalue weighted by Crippen LogP contribution is 2.37. The molecule has 0 radical (unpaired) electrons. The SMILES string of the molecule is COc1ccc(COC[C@H](C)NCCC[C@@H](CN(C)C(=O)OC(C)(C)C)O[Si](C)(C)C(C)(C)C)cc1. The zero-order valence-corrected chi connectivity index (χ0v) is 25.7. The van der Waals surface area contributed by atoms with Gasteiger partial charge in [-0.2, -0.15) is 0 Å². The number of rotatable bonds is 14. The second-order valence-corrected chi connectivity index (χ2v) is 17.0. The Balaban J connectivity index is 2.53. The molecule has 208 valence electrons. The molecule has 0 aromatic heterocycles. The highest BCUT2D eigenvalue weighted by molar-refractivity contribution is 6.74. The summed E-state index contributed by atoms with van der Waals surface area (Å²) in [6, 6.07) is 8.18. The Bertz CT molecular complexity index is 772. The predicted molar refractivity (Wildman–Crippen MR) is 150 cm³/mol. The lowest BCUT2D eigenvalue weighted by Crippen LogP contribution is -2.48. The van der Waals surface area contributed by atoms with Crippen molar-refractivity contribution in [2.75, 3.05) is 33.9 Å². The van der Waals surface area contributed by atoms with Gasteiger partial charge in [0.15, 0.2) is 8.32 Å². The van der Waals surface area contributed by atoms with Gasteiger partial charge in [0.1, 0.15) is 11.4 Å². The number of hydrogen-bond donors (Lipinski definition) is 1. The van der Waals surface area contributed by atoms with Crippen molar-refractivity contribution >= 4 is 14.4 Å². The van der Waals surface area contributed by atoms with Crippen molar-refractivity contribution < 1.29 is 23.4 Å². The largest absolute Gasteiger partial charge is 0.497 e. The molecule has 36 heavy (non-hydrogen) atoms. The zero-order valence-electron chi connectivity index (χ0n) is 24.7. The molecule has 0 heterocycles. The van der Waals surface area contributed by atoms with Crippen molar-refractivity contribution in [2.24, 2.45) is 0 Å². The number of hydrogen-bond acceptors (Lipinski definition) is 6. The van der Waals surface area contributed by atoms with E-state index in [4.69, 9.17) is 18.6 Å². The fraction of sp³-hybridized carbons (Fsp3) is 0.750. The maximum atomic E-state index is 12.5. The molecule has 0 unspecified atom stereocenters. The number of ether oxygens (including phenoxy) is 3. The van der Waals surface area contributed by atoms with Crippen LogP contribution >= 0.6 is 0 Å². The van der Waals surface area contributed by atoms with E-state index in [2.05, 4.69) is 46.1 Å².